The summed E-state index contributed by atoms with van der Waals surface area (Å²) in [6.45, 7) is 0.455. The summed E-state index contributed by atoms with van der Waals surface area (Å²) < 4.78 is 1.88. The summed E-state index contributed by atoms with van der Waals surface area (Å²) in [4.78, 5) is 43.6. The average molecular weight is 460 g/mol. The number of carbonyl (C=O) groups is 3. The van der Waals surface area contributed by atoms with E-state index >= 15 is 0 Å². The van der Waals surface area contributed by atoms with E-state index in [0.29, 0.717) is 23.9 Å². The lowest BCUT2D eigenvalue weighted by Gasteiger charge is -2.35. The summed E-state index contributed by atoms with van der Waals surface area (Å²) in [5.74, 6) is 5.12. The number of likely N-dealkylation sites (tertiary alicyclic amines) is 1. The number of hydrogen-bond acceptors (Lipinski definition) is 5. The highest BCUT2D eigenvalue weighted by atomic mass is 16.3. The van der Waals surface area contributed by atoms with Crippen molar-refractivity contribution in [3.05, 3.63) is 40.7 Å². The lowest BCUT2D eigenvalue weighted by atomic mass is 9.75. The predicted molar refractivity (Wildman–Crippen MR) is 122 cm³/mol. The monoisotopic (exact) mass is 459 g/mol. The van der Waals surface area contributed by atoms with Crippen LogP contribution >= 0.6 is 0 Å². The summed E-state index contributed by atoms with van der Waals surface area (Å²) in [5.41, 5.74) is 6.67. The van der Waals surface area contributed by atoms with Crippen LogP contribution in [0.2, 0.25) is 0 Å². The molecular formula is C25H25N5O4. The van der Waals surface area contributed by atoms with E-state index in [2.05, 4.69) is 22.1 Å². The highest BCUT2D eigenvalue weighted by molar-refractivity contribution is 6.05. The van der Waals surface area contributed by atoms with Gasteiger partial charge in [-0.1, -0.05) is 17.9 Å². The molecule has 7 rings (SSSR count). The van der Waals surface area contributed by atoms with Crippen molar-refractivity contribution in [3.8, 4) is 23.2 Å². The molecule has 9 nitrogen and oxygen atoms in total. The Bertz CT molecular complexity index is 1320. The van der Waals surface area contributed by atoms with Crippen LogP contribution in [-0.4, -0.2) is 62.5 Å². The summed E-state index contributed by atoms with van der Waals surface area (Å²) in [7, 11) is 1.64. The van der Waals surface area contributed by atoms with Gasteiger partial charge in [-0.05, 0) is 49.3 Å². The zero-order valence-electron chi connectivity index (χ0n) is 18.8. The molecule has 1 atom stereocenters. The Morgan fingerprint density at radius 2 is 2.06 bits per heavy atom. The summed E-state index contributed by atoms with van der Waals surface area (Å²) in [6, 6.07) is 5.93. The van der Waals surface area contributed by atoms with Crippen molar-refractivity contribution in [3.63, 3.8) is 0 Å². The van der Waals surface area contributed by atoms with E-state index in [1.165, 1.54) is 4.90 Å². The fourth-order valence-corrected chi connectivity index (χ4v) is 5.23. The quantitative estimate of drug-likeness (QED) is 0.588. The molecule has 0 spiro atoms. The van der Waals surface area contributed by atoms with E-state index < -0.39 is 17.4 Å². The van der Waals surface area contributed by atoms with E-state index in [1.807, 2.05) is 22.8 Å². The van der Waals surface area contributed by atoms with Gasteiger partial charge in [-0.2, -0.15) is 0 Å². The van der Waals surface area contributed by atoms with Crippen LogP contribution in [0.5, 0.6) is 0 Å². The molecule has 2 bridgehead atoms. The third kappa shape index (κ3) is 3.13. The molecule has 1 aromatic heterocycles. The maximum Gasteiger partial charge on any atom is 0.270 e. The van der Waals surface area contributed by atoms with Gasteiger partial charge in [0, 0.05) is 43.2 Å². The van der Waals surface area contributed by atoms with Crippen molar-refractivity contribution < 1.29 is 19.5 Å². The van der Waals surface area contributed by atoms with Gasteiger partial charge in [0.05, 0.1) is 0 Å². The van der Waals surface area contributed by atoms with Crippen molar-refractivity contribution in [2.24, 2.45) is 5.73 Å². The van der Waals surface area contributed by atoms with Crippen LogP contribution in [0.15, 0.2) is 18.2 Å². The van der Waals surface area contributed by atoms with Crippen molar-refractivity contribution in [2.45, 2.75) is 55.7 Å². The van der Waals surface area contributed by atoms with Gasteiger partial charge >= 0.3 is 0 Å². The lowest BCUT2D eigenvalue weighted by Crippen LogP contribution is -2.37. The molecule has 3 amide bonds. The molecule has 4 N–H and O–H groups in total. The van der Waals surface area contributed by atoms with E-state index in [9.17, 15) is 19.5 Å². The number of hydrogen-bond donors (Lipinski definition) is 3. The van der Waals surface area contributed by atoms with E-state index in [1.54, 1.807) is 7.05 Å². The molecule has 2 aromatic rings. The SMILES string of the molecule is CN1CC[C@@](O)(C#Cc2ccc3c(c2)-c2nc(C(N)=O)c(C(=O)NC4CC4)n2C2CC3C2)C1=O. The number of aromatic nitrogens is 2. The predicted octanol–water partition coefficient (Wildman–Crippen LogP) is 0.918. The van der Waals surface area contributed by atoms with Gasteiger partial charge in [0.25, 0.3) is 17.7 Å². The van der Waals surface area contributed by atoms with Crippen LogP contribution in [0, 0.1) is 11.8 Å². The molecule has 1 aromatic carbocycles. The molecule has 3 fully saturated rings. The first kappa shape index (κ1) is 20.9. The van der Waals surface area contributed by atoms with Crippen LogP contribution in [0.1, 0.15) is 76.2 Å². The summed E-state index contributed by atoms with van der Waals surface area (Å²) >= 11 is 0. The first-order valence-electron chi connectivity index (χ1n) is 11.6. The van der Waals surface area contributed by atoms with Gasteiger partial charge in [-0.15, -0.1) is 0 Å². The number of nitrogens with zero attached hydrogens (tertiary/aromatic N) is 3. The first-order valence-corrected chi connectivity index (χ1v) is 11.6. The number of amides is 3. The molecule has 3 aliphatic heterocycles. The van der Waals surface area contributed by atoms with Crippen LogP contribution in [-0.2, 0) is 4.79 Å². The van der Waals surface area contributed by atoms with Crippen molar-refractivity contribution >= 4 is 17.7 Å². The number of rotatable bonds is 3. The van der Waals surface area contributed by atoms with E-state index in [0.717, 1.165) is 36.8 Å². The van der Waals surface area contributed by atoms with Crippen LogP contribution in [0.3, 0.4) is 0 Å². The number of imidazole rings is 1. The Labute approximate surface area is 196 Å². The molecule has 1 saturated heterocycles. The number of benzene rings is 1. The van der Waals surface area contributed by atoms with Crippen molar-refractivity contribution in [1.82, 2.24) is 19.8 Å². The topological polar surface area (TPSA) is 131 Å². The summed E-state index contributed by atoms with van der Waals surface area (Å²) in [6.07, 6.45) is 3.82. The molecule has 2 saturated carbocycles. The van der Waals surface area contributed by atoms with Crippen molar-refractivity contribution in [1.29, 1.82) is 0 Å². The largest absolute Gasteiger partial charge is 0.369 e. The van der Waals surface area contributed by atoms with Gasteiger partial charge in [0.2, 0.25) is 5.60 Å². The molecular weight excluding hydrogens is 434 g/mol. The maximum atomic E-state index is 13.1. The van der Waals surface area contributed by atoms with E-state index in [-0.39, 0.29) is 35.8 Å². The smallest absolute Gasteiger partial charge is 0.270 e. The zero-order valence-corrected chi connectivity index (χ0v) is 18.8. The number of carbonyl (C=O) groups excluding carboxylic acids is 3. The van der Waals surface area contributed by atoms with Gasteiger partial charge in [0.15, 0.2) is 5.69 Å². The number of aliphatic hydroxyl groups is 1. The van der Waals surface area contributed by atoms with Gasteiger partial charge < -0.3 is 25.6 Å². The highest BCUT2D eigenvalue weighted by Crippen LogP contribution is 2.52. The second kappa shape index (κ2) is 7.18. The third-order valence-corrected chi connectivity index (χ3v) is 7.41. The minimum absolute atomic E-state index is 0.0187. The van der Waals surface area contributed by atoms with Gasteiger partial charge in [-0.3, -0.25) is 14.4 Å². The van der Waals surface area contributed by atoms with Crippen LogP contribution in [0.4, 0.5) is 0 Å². The fraction of sp³-hybridized carbons (Fsp3) is 0.440. The molecule has 5 aliphatic rings. The second-order valence-corrected chi connectivity index (χ2v) is 9.83. The maximum absolute atomic E-state index is 13.1. The molecule has 174 valence electrons. The fourth-order valence-electron chi connectivity index (χ4n) is 5.23. The van der Waals surface area contributed by atoms with Crippen LogP contribution < -0.4 is 11.1 Å². The molecule has 0 radical (unpaired) electrons. The minimum atomic E-state index is -1.69. The molecule has 0 unspecified atom stereocenters. The Balaban J connectivity index is 1.45. The van der Waals surface area contributed by atoms with Crippen LogP contribution in [0.25, 0.3) is 11.4 Å². The standard InChI is InChI=1S/C25H25N5O4/c1-29-9-8-25(34,24(29)33)7-6-13-2-5-17-14-11-16(12-14)30-20(23(32)27-15-3-4-15)19(21(26)31)28-22(30)18(17)10-13/h2,5,10,14-16,34H,3-4,8-9,11-12H2,1H3,(H2,26,31)(H,27,32)/t14?,16?,25-/m0/s1. The lowest BCUT2D eigenvalue weighted by molar-refractivity contribution is -0.137. The highest BCUT2D eigenvalue weighted by Gasteiger charge is 2.44. The minimum Gasteiger partial charge on any atom is -0.369 e. The van der Waals surface area contributed by atoms with Gasteiger partial charge in [-0.25, -0.2) is 4.98 Å². The first-order chi connectivity index (χ1) is 16.2. The normalized spacial score (nSPS) is 26.5. The van der Waals surface area contributed by atoms with Gasteiger partial charge in [0.1, 0.15) is 11.5 Å². The molecule has 9 heteroatoms. The number of nitrogens with one attached hydrogen (secondary N) is 1. The Morgan fingerprint density at radius 3 is 2.71 bits per heavy atom. The average Bonchev–Trinajstić information content (AvgIpc) is 3.50. The molecule has 2 aliphatic carbocycles. The number of nitrogens with two attached hydrogens (primary N) is 1. The Morgan fingerprint density at radius 1 is 1.29 bits per heavy atom. The Hall–Kier alpha value is -3.64. The Kier molecular flexibility index (Phi) is 4.42. The number of primary amides is 1. The second-order valence-electron chi connectivity index (χ2n) is 9.83. The molecule has 4 heterocycles. The molecule has 34 heavy (non-hydrogen) atoms. The third-order valence-electron chi connectivity index (χ3n) is 7.41. The zero-order chi connectivity index (χ0) is 23.8. The van der Waals surface area contributed by atoms with E-state index in [4.69, 9.17) is 5.73 Å². The number of likely N-dealkylation sites (N-methyl/N-ethyl adjacent to an activating group) is 1. The van der Waals surface area contributed by atoms with Crippen molar-refractivity contribution in [2.75, 3.05) is 13.6 Å². The summed E-state index contributed by atoms with van der Waals surface area (Å²) in [5, 5.41) is 13.6.